The van der Waals surface area contributed by atoms with E-state index in [1.54, 1.807) is 0 Å². The third-order valence-corrected chi connectivity index (χ3v) is 7.90. The van der Waals surface area contributed by atoms with Crippen molar-refractivity contribution in [1.82, 2.24) is 4.57 Å². The molecular weight excluding hydrogens is 490 g/mol. The smallest absolute Gasteiger partial charge is 0.262 e. The molecule has 0 N–H and O–H groups in total. The minimum atomic E-state index is -3.07. The lowest BCUT2D eigenvalue weighted by Crippen LogP contribution is -2.27. The van der Waals surface area contributed by atoms with Gasteiger partial charge in [-0.15, -0.1) is 0 Å². The molecule has 0 saturated heterocycles. The Balaban J connectivity index is 1.39. The molecule has 0 radical (unpaired) electrons. The summed E-state index contributed by atoms with van der Waals surface area (Å²) >= 11 is 0. The first-order chi connectivity index (χ1) is 17.8. The minimum Gasteiger partial charge on any atom is -0.378 e. The van der Waals surface area contributed by atoms with Crippen molar-refractivity contribution in [2.75, 3.05) is 38.4 Å². The summed E-state index contributed by atoms with van der Waals surface area (Å²) in [6, 6.07) is 20.2. The average molecular weight is 516 g/mol. The number of benzene rings is 5. The van der Waals surface area contributed by atoms with Crippen LogP contribution in [0.3, 0.4) is 0 Å². The predicted octanol–water partition coefficient (Wildman–Crippen LogP) is 3.93. The molecule has 0 saturated carbocycles. The highest BCUT2D eigenvalue weighted by Gasteiger charge is 2.21. The molecule has 1 heterocycles. The molecule has 8 heteroatoms. The first-order valence-corrected chi connectivity index (χ1v) is 14.2. The van der Waals surface area contributed by atoms with Crippen molar-refractivity contribution >= 4 is 63.7 Å². The van der Waals surface area contributed by atoms with Crippen LogP contribution in [0.1, 0.15) is 0 Å². The number of hydrogen-bond donors (Lipinski definition) is 0. The highest BCUT2D eigenvalue weighted by Crippen LogP contribution is 2.42. The Kier molecular flexibility index (Phi) is 5.82. The van der Waals surface area contributed by atoms with Crippen LogP contribution in [0, 0.1) is 0 Å². The van der Waals surface area contributed by atoms with Crippen LogP contribution in [0.5, 0.6) is 0 Å². The van der Waals surface area contributed by atoms with Gasteiger partial charge in [-0.25, -0.2) is 8.42 Å². The molecule has 0 aliphatic heterocycles. The number of aromatic nitrogens is 1. The first-order valence-electron chi connectivity index (χ1n) is 12.2. The molecule has 0 aliphatic rings. The highest BCUT2D eigenvalue weighted by molar-refractivity contribution is 7.90. The molecule has 0 unspecified atom stereocenters. The van der Waals surface area contributed by atoms with Gasteiger partial charge in [0.1, 0.15) is 9.84 Å². The Morgan fingerprint density at radius 1 is 0.649 bits per heavy atom. The third kappa shape index (κ3) is 4.01. The first kappa shape index (κ1) is 23.8. The third-order valence-electron chi connectivity index (χ3n) is 6.99. The van der Waals surface area contributed by atoms with Crippen LogP contribution >= 0.6 is 0 Å². The average Bonchev–Trinajstić information content (AvgIpc) is 3.11. The maximum Gasteiger partial charge on any atom is 0.262 e. The molecule has 0 atom stereocenters. The summed E-state index contributed by atoms with van der Waals surface area (Å²) in [5.74, 6) is -0.0430. The van der Waals surface area contributed by atoms with Crippen LogP contribution in [-0.4, -0.2) is 51.4 Å². The Morgan fingerprint density at radius 3 is 1.97 bits per heavy atom. The van der Waals surface area contributed by atoms with Gasteiger partial charge in [0.2, 0.25) is 0 Å². The molecule has 0 amide bonds. The summed E-state index contributed by atoms with van der Waals surface area (Å²) in [5, 5.41) is 8.99. The van der Waals surface area contributed by atoms with Crippen molar-refractivity contribution in [3.05, 3.63) is 81.4 Å². The van der Waals surface area contributed by atoms with Gasteiger partial charge in [-0.2, -0.15) is 0 Å². The summed E-state index contributed by atoms with van der Waals surface area (Å²) in [5.41, 5.74) is -0.626. The van der Waals surface area contributed by atoms with E-state index in [2.05, 4.69) is 24.3 Å². The number of hydrogen-bond acceptors (Lipinski definition) is 6. The van der Waals surface area contributed by atoms with Crippen LogP contribution in [0.4, 0.5) is 0 Å². The molecule has 37 heavy (non-hydrogen) atoms. The van der Waals surface area contributed by atoms with E-state index in [0.717, 1.165) is 49.3 Å². The minimum absolute atomic E-state index is 0.0430. The fourth-order valence-corrected chi connectivity index (χ4v) is 5.80. The van der Waals surface area contributed by atoms with E-state index in [9.17, 15) is 18.0 Å². The second-order valence-corrected chi connectivity index (χ2v) is 11.7. The molecule has 0 aliphatic carbocycles. The molecule has 1 aromatic heterocycles. The normalized spacial score (nSPS) is 12.7. The number of rotatable bonds is 9. The van der Waals surface area contributed by atoms with Gasteiger partial charge in [0.15, 0.2) is 0 Å². The zero-order valence-corrected chi connectivity index (χ0v) is 21.1. The van der Waals surface area contributed by atoms with Crippen molar-refractivity contribution in [3.8, 4) is 0 Å². The Bertz CT molecular complexity index is 2010. The van der Waals surface area contributed by atoms with E-state index in [0.29, 0.717) is 10.8 Å². The summed E-state index contributed by atoms with van der Waals surface area (Å²) in [4.78, 5) is 27.0. The van der Waals surface area contributed by atoms with E-state index in [-0.39, 0.29) is 49.8 Å². The molecule has 6 aromatic rings. The van der Waals surface area contributed by atoms with Gasteiger partial charge in [-0.3, -0.25) is 14.2 Å². The van der Waals surface area contributed by atoms with Crippen LogP contribution in [0.2, 0.25) is 0 Å². The van der Waals surface area contributed by atoms with Gasteiger partial charge in [-0.1, -0.05) is 54.6 Å². The molecule has 5 aromatic carbocycles. The lowest BCUT2D eigenvalue weighted by molar-refractivity contribution is 0.0499. The molecular formula is C29H25NO6S. The predicted molar refractivity (Wildman–Crippen MR) is 148 cm³/mol. The molecule has 0 spiro atoms. The van der Waals surface area contributed by atoms with Gasteiger partial charge in [0.05, 0.1) is 49.5 Å². The van der Waals surface area contributed by atoms with Crippen molar-refractivity contribution in [3.63, 3.8) is 0 Å². The van der Waals surface area contributed by atoms with Crippen LogP contribution in [0.15, 0.2) is 70.3 Å². The van der Waals surface area contributed by atoms with E-state index in [4.69, 9.17) is 9.47 Å². The zero-order valence-electron chi connectivity index (χ0n) is 20.3. The van der Waals surface area contributed by atoms with E-state index in [1.165, 1.54) is 4.57 Å². The van der Waals surface area contributed by atoms with Crippen LogP contribution in [-0.2, 0) is 25.9 Å². The largest absolute Gasteiger partial charge is 0.378 e. The van der Waals surface area contributed by atoms with Crippen molar-refractivity contribution < 1.29 is 17.9 Å². The Hall–Kier alpha value is -3.59. The zero-order chi connectivity index (χ0) is 25.7. The summed E-state index contributed by atoms with van der Waals surface area (Å²) in [6.07, 6.45) is 1.16. The number of nitrogens with zero attached hydrogens (tertiary/aromatic N) is 1. The summed E-state index contributed by atoms with van der Waals surface area (Å²) in [6.45, 7) is 0.872. The number of sulfone groups is 1. The van der Waals surface area contributed by atoms with Crippen LogP contribution < -0.4 is 11.1 Å². The maximum atomic E-state index is 13.7. The SMILES string of the molecule is CS(=O)(=O)CCOCCOCCn1c(=O)c2cc3cccc4c5cccc6cccc(c65)c(c2c1=O)c34. The van der Waals surface area contributed by atoms with Gasteiger partial charge < -0.3 is 9.47 Å². The second-order valence-electron chi connectivity index (χ2n) is 9.40. The Morgan fingerprint density at radius 2 is 1.27 bits per heavy atom. The van der Waals surface area contributed by atoms with Gasteiger partial charge in [0.25, 0.3) is 11.1 Å². The molecule has 6 rings (SSSR count). The fourth-order valence-electron chi connectivity index (χ4n) is 5.38. The molecule has 0 fully saturated rings. The van der Waals surface area contributed by atoms with Crippen molar-refractivity contribution in [1.29, 1.82) is 0 Å². The Labute approximate surface area is 212 Å². The fraction of sp³-hybridized carbons (Fsp3) is 0.241. The molecule has 188 valence electrons. The number of fused-ring (bicyclic) bond motifs is 4. The molecule has 0 bridgehead atoms. The van der Waals surface area contributed by atoms with E-state index in [1.807, 2.05) is 36.4 Å². The number of ether oxygens (including phenoxy) is 2. The maximum absolute atomic E-state index is 13.7. The lowest BCUT2D eigenvalue weighted by Gasteiger charge is -2.14. The second kappa shape index (κ2) is 9.06. The lowest BCUT2D eigenvalue weighted by atomic mass is 9.88. The van der Waals surface area contributed by atoms with Gasteiger partial charge >= 0.3 is 0 Å². The quantitative estimate of drug-likeness (QED) is 0.165. The van der Waals surface area contributed by atoms with E-state index < -0.39 is 9.84 Å². The van der Waals surface area contributed by atoms with Crippen LogP contribution in [0.25, 0.3) is 53.9 Å². The van der Waals surface area contributed by atoms with Crippen molar-refractivity contribution in [2.24, 2.45) is 0 Å². The highest BCUT2D eigenvalue weighted by atomic mass is 32.2. The monoisotopic (exact) mass is 515 g/mol. The van der Waals surface area contributed by atoms with Crippen molar-refractivity contribution in [2.45, 2.75) is 6.54 Å². The van der Waals surface area contributed by atoms with Gasteiger partial charge in [0, 0.05) is 11.6 Å². The molecule has 7 nitrogen and oxygen atoms in total. The topological polar surface area (TPSA) is 91.7 Å². The standard InChI is InChI=1S/C29H25NO6S/c1-37(33,34)16-15-36-14-13-35-12-11-30-28(31)23-17-19-7-4-9-21-20-8-2-5-18-6-3-10-22(24(18)20)26(25(19)21)27(23)29(30)32/h2-10,17H,11-16H2,1H3. The summed E-state index contributed by atoms with van der Waals surface area (Å²) in [7, 11) is -3.07. The van der Waals surface area contributed by atoms with E-state index >= 15 is 0 Å². The summed E-state index contributed by atoms with van der Waals surface area (Å²) < 4.78 is 34.4. The van der Waals surface area contributed by atoms with Gasteiger partial charge in [-0.05, 0) is 43.8 Å².